The van der Waals surface area contributed by atoms with Gasteiger partial charge in [0.2, 0.25) is 0 Å². The third-order valence-corrected chi connectivity index (χ3v) is 4.45. The maximum Gasteiger partial charge on any atom is 0.0348 e. The van der Waals surface area contributed by atoms with Gasteiger partial charge < -0.3 is 5.73 Å². The second kappa shape index (κ2) is 4.63. The molecule has 2 N–H and O–H groups in total. The fourth-order valence-electron chi connectivity index (χ4n) is 2.59. The number of benzene rings is 1. The fourth-order valence-corrected chi connectivity index (χ4v) is 3.51. The molecule has 1 saturated carbocycles. The zero-order valence-electron chi connectivity index (χ0n) is 9.86. The molecule has 1 atom stereocenters. The molecule has 1 nitrogen and oxygen atoms in total. The van der Waals surface area contributed by atoms with E-state index in [4.69, 9.17) is 5.73 Å². The summed E-state index contributed by atoms with van der Waals surface area (Å²) in [4.78, 5) is 0. The number of rotatable bonds is 1. The Bertz CT molecular complexity index is 553. The molecule has 0 aliphatic heterocycles. The van der Waals surface area contributed by atoms with E-state index in [1.54, 1.807) is 0 Å². The van der Waals surface area contributed by atoms with Crippen molar-refractivity contribution >= 4 is 27.5 Å². The van der Waals surface area contributed by atoms with Crippen molar-refractivity contribution in [3.8, 4) is 0 Å². The van der Waals surface area contributed by atoms with Gasteiger partial charge >= 0.3 is 0 Å². The Morgan fingerprint density at radius 2 is 2.18 bits per heavy atom. The van der Waals surface area contributed by atoms with Crippen LogP contribution >= 0.6 is 11.3 Å². The Kier molecular flexibility index (Phi) is 3.00. The molecule has 0 bridgehead atoms. The molecular weight excluding hydrogens is 226 g/mol. The first-order valence-corrected chi connectivity index (χ1v) is 7.12. The topological polar surface area (TPSA) is 26.0 Å². The standard InChI is InChI=1S/C15H17NS/c16-13-5-3-4-11(9-13)8-12-10-17-15-7-2-1-6-14(12)15/h1-2,6-8,10,13H,3-5,9,16H2. The monoisotopic (exact) mass is 243 g/mol. The molecule has 2 aromatic rings. The largest absolute Gasteiger partial charge is 0.327 e. The molecule has 1 fully saturated rings. The summed E-state index contributed by atoms with van der Waals surface area (Å²) >= 11 is 1.83. The Labute approximate surface area is 106 Å². The van der Waals surface area contributed by atoms with Crippen LogP contribution in [0, 0.1) is 0 Å². The van der Waals surface area contributed by atoms with Crippen LogP contribution in [0.15, 0.2) is 35.2 Å². The summed E-state index contributed by atoms with van der Waals surface area (Å²) in [5.74, 6) is 0. The van der Waals surface area contributed by atoms with Gasteiger partial charge in [0.25, 0.3) is 0 Å². The van der Waals surface area contributed by atoms with Crippen LogP contribution in [0.2, 0.25) is 0 Å². The van der Waals surface area contributed by atoms with Crippen LogP contribution in [-0.4, -0.2) is 6.04 Å². The smallest absolute Gasteiger partial charge is 0.0348 e. The molecule has 1 heterocycles. The molecule has 3 rings (SSSR count). The van der Waals surface area contributed by atoms with Crippen molar-refractivity contribution in [1.29, 1.82) is 0 Å². The van der Waals surface area contributed by atoms with E-state index in [9.17, 15) is 0 Å². The minimum atomic E-state index is 0.375. The first-order valence-electron chi connectivity index (χ1n) is 6.24. The number of thiophene rings is 1. The van der Waals surface area contributed by atoms with Gasteiger partial charge in [0.15, 0.2) is 0 Å². The summed E-state index contributed by atoms with van der Waals surface area (Å²) in [6, 6.07) is 8.99. The first-order chi connectivity index (χ1) is 8.33. The van der Waals surface area contributed by atoms with Gasteiger partial charge in [-0.15, -0.1) is 11.3 Å². The van der Waals surface area contributed by atoms with Crippen molar-refractivity contribution in [2.75, 3.05) is 0 Å². The van der Waals surface area contributed by atoms with Gasteiger partial charge in [-0.25, -0.2) is 0 Å². The zero-order chi connectivity index (χ0) is 11.7. The first kappa shape index (κ1) is 11.0. The lowest BCUT2D eigenvalue weighted by molar-refractivity contribution is 0.520. The molecule has 0 saturated heterocycles. The summed E-state index contributed by atoms with van der Waals surface area (Å²) in [7, 11) is 0. The summed E-state index contributed by atoms with van der Waals surface area (Å²) in [5, 5.41) is 3.64. The van der Waals surface area contributed by atoms with Crippen LogP contribution < -0.4 is 5.73 Å². The van der Waals surface area contributed by atoms with Crippen LogP contribution in [0.1, 0.15) is 31.2 Å². The highest BCUT2D eigenvalue weighted by molar-refractivity contribution is 7.17. The Morgan fingerprint density at radius 3 is 3.06 bits per heavy atom. The molecule has 17 heavy (non-hydrogen) atoms. The van der Waals surface area contributed by atoms with Crippen LogP contribution in [0.5, 0.6) is 0 Å². The highest BCUT2D eigenvalue weighted by Gasteiger charge is 2.13. The number of hydrogen-bond donors (Lipinski definition) is 1. The van der Waals surface area contributed by atoms with Gasteiger partial charge in [-0.3, -0.25) is 0 Å². The van der Waals surface area contributed by atoms with Gasteiger partial charge in [-0.05, 0) is 48.1 Å². The number of nitrogens with two attached hydrogens (primary N) is 1. The molecule has 2 heteroatoms. The van der Waals surface area contributed by atoms with E-state index in [1.807, 2.05) is 11.3 Å². The van der Waals surface area contributed by atoms with E-state index in [1.165, 1.54) is 40.5 Å². The summed E-state index contributed by atoms with van der Waals surface area (Å²) < 4.78 is 1.37. The second-order valence-corrected chi connectivity index (χ2v) is 5.76. The van der Waals surface area contributed by atoms with Crippen LogP contribution in [0.3, 0.4) is 0 Å². The lowest BCUT2D eigenvalue weighted by atomic mass is 9.90. The molecule has 88 valence electrons. The SMILES string of the molecule is NC1CCCC(=Cc2csc3ccccc23)C1. The Morgan fingerprint density at radius 1 is 1.29 bits per heavy atom. The highest BCUT2D eigenvalue weighted by atomic mass is 32.1. The lowest BCUT2D eigenvalue weighted by Crippen LogP contribution is -2.23. The quantitative estimate of drug-likeness (QED) is 0.798. The van der Waals surface area contributed by atoms with E-state index in [-0.39, 0.29) is 0 Å². The van der Waals surface area contributed by atoms with Crippen molar-refractivity contribution in [3.63, 3.8) is 0 Å². The Balaban J connectivity index is 1.96. The van der Waals surface area contributed by atoms with Crippen molar-refractivity contribution in [3.05, 3.63) is 40.8 Å². The lowest BCUT2D eigenvalue weighted by Gasteiger charge is -2.20. The summed E-state index contributed by atoms with van der Waals surface area (Å²) in [6.45, 7) is 0. The van der Waals surface area contributed by atoms with Gasteiger partial charge in [0.05, 0.1) is 0 Å². The molecule has 1 unspecified atom stereocenters. The van der Waals surface area contributed by atoms with Crippen LogP contribution in [0.4, 0.5) is 0 Å². The highest BCUT2D eigenvalue weighted by Crippen LogP contribution is 2.30. The van der Waals surface area contributed by atoms with Crippen molar-refractivity contribution in [2.24, 2.45) is 5.73 Å². The maximum atomic E-state index is 6.03. The third kappa shape index (κ3) is 2.28. The van der Waals surface area contributed by atoms with Crippen molar-refractivity contribution in [1.82, 2.24) is 0 Å². The van der Waals surface area contributed by atoms with Gasteiger partial charge in [-0.1, -0.05) is 29.8 Å². The van der Waals surface area contributed by atoms with E-state index in [0.717, 1.165) is 6.42 Å². The summed E-state index contributed by atoms with van der Waals surface area (Å²) in [5.41, 5.74) is 8.92. The maximum absolute atomic E-state index is 6.03. The van der Waals surface area contributed by atoms with Crippen LogP contribution in [-0.2, 0) is 0 Å². The molecular formula is C15H17NS. The van der Waals surface area contributed by atoms with Crippen molar-refractivity contribution < 1.29 is 0 Å². The summed E-state index contributed by atoms with van der Waals surface area (Å²) in [6.07, 6.45) is 7.08. The molecule has 0 amide bonds. The van der Waals surface area contributed by atoms with Crippen molar-refractivity contribution in [2.45, 2.75) is 31.7 Å². The third-order valence-electron chi connectivity index (χ3n) is 3.47. The minimum Gasteiger partial charge on any atom is -0.327 e. The zero-order valence-corrected chi connectivity index (χ0v) is 10.7. The minimum absolute atomic E-state index is 0.375. The molecule has 1 aliphatic carbocycles. The van der Waals surface area contributed by atoms with Gasteiger partial charge in [0, 0.05) is 10.7 Å². The second-order valence-electron chi connectivity index (χ2n) is 4.85. The predicted molar refractivity (Wildman–Crippen MR) is 76.2 cm³/mol. The van der Waals surface area contributed by atoms with Gasteiger partial charge in [0.1, 0.15) is 0 Å². The number of hydrogen-bond acceptors (Lipinski definition) is 2. The van der Waals surface area contributed by atoms with Crippen LogP contribution in [0.25, 0.3) is 16.2 Å². The molecule has 1 aromatic heterocycles. The fraction of sp³-hybridized carbons (Fsp3) is 0.333. The van der Waals surface area contributed by atoms with E-state index >= 15 is 0 Å². The molecule has 1 aromatic carbocycles. The average Bonchev–Trinajstić information content (AvgIpc) is 2.73. The molecule has 0 radical (unpaired) electrons. The van der Waals surface area contributed by atoms with E-state index in [0.29, 0.717) is 6.04 Å². The van der Waals surface area contributed by atoms with E-state index < -0.39 is 0 Å². The Hall–Kier alpha value is -1.12. The normalized spacial score (nSPS) is 23.4. The molecule has 0 spiro atoms. The van der Waals surface area contributed by atoms with E-state index in [2.05, 4.69) is 35.7 Å². The van der Waals surface area contributed by atoms with Gasteiger partial charge in [-0.2, -0.15) is 0 Å². The average molecular weight is 243 g/mol. The number of fused-ring (bicyclic) bond motifs is 1. The molecule has 1 aliphatic rings. The predicted octanol–water partition coefficient (Wildman–Crippen LogP) is 4.19.